The highest BCUT2D eigenvalue weighted by Crippen LogP contribution is 2.34. The van der Waals surface area contributed by atoms with Gasteiger partial charge in [-0.2, -0.15) is 0 Å². The van der Waals surface area contributed by atoms with Crippen molar-refractivity contribution in [2.24, 2.45) is 0 Å². The Morgan fingerprint density at radius 3 is 2.38 bits per heavy atom. The summed E-state index contributed by atoms with van der Waals surface area (Å²) in [5, 5.41) is 1.84. The molecule has 0 bridgehead atoms. The van der Waals surface area contributed by atoms with Crippen LogP contribution >= 0.6 is 0 Å². The molecule has 2 saturated heterocycles. The number of hydrogen-bond donors (Lipinski definition) is 0. The Kier molecular flexibility index (Phi) is 5.66. The van der Waals surface area contributed by atoms with Gasteiger partial charge in [-0.05, 0) is 26.8 Å². The van der Waals surface area contributed by atoms with Crippen LogP contribution in [0.2, 0.25) is 0 Å². The fourth-order valence-electron chi connectivity index (χ4n) is 4.09. The van der Waals surface area contributed by atoms with Crippen molar-refractivity contribution in [3.05, 3.63) is 30.6 Å². The Morgan fingerprint density at radius 1 is 0.969 bits per heavy atom. The monoisotopic (exact) mass is 439 g/mol. The predicted molar refractivity (Wildman–Crippen MR) is 122 cm³/mol. The van der Waals surface area contributed by atoms with Gasteiger partial charge in [0.15, 0.2) is 0 Å². The summed E-state index contributed by atoms with van der Waals surface area (Å²) in [4.78, 5) is 48.1. The molecule has 4 amide bonds. The second-order valence-electron chi connectivity index (χ2n) is 9.12. The Morgan fingerprint density at radius 2 is 1.69 bits per heavy atom. The Labute approximate surface area is 187 Å². The molecule has 0 saturated carbocycles. The van der Waals surface area contributed by atoms with Crippen LogP contribution in [0.3, 0.4) is 0 Å². The molecule has 9 heteroatoms. The molecule has 0 aliphatic carbocycles. The summed E-state index contributed by atoms with van der Waals surface area (Å²) < 4.78 is 5.49. The molecular formula is C23H29N5O4. The van der Waals surface area contributed by atoms with Crippen molar-refractivity contribution < 1.29 is 19.1 Å². The average molecular weight is 440 g/mol. The number of pyridine rings is 1. The van der Waals surface area contributed by atoms with E-state index >= 15 is 0 Å². The molecule has 0 N–H and O–H groups in total. The maximum Gasteiger partial charge on any atom is 0.410 e. The average Bonchev–Trinajstić information content (AvgIpc) is 2.76. The van der Waals surface area contributed by atoms with E-state index in [2.05, 4.69) is 9.88 Å². The van der Waals surface area contributed by atoms with E-state index in [1.165, 1.54) is 7.05 Å². The quantitative estimate of drug-likeness (QED) is 0.715. The van der Waals surface area contributed by atoms with E-state index in [1.807, 2.05) is 39.0 Å². The minimum atomic E-state index is -0.517. The maximum absolute atomic E-state index is 12.7. The summed E-state index contributed by atoms with van der Waals surface area (Å²) in [7, 11) is 1.50. The van der Waals surface area contributed by atoms with E-state index in [1.54, 1.807) is 22.2 Å². The highest BCUT2D eigenvalue weighted by molar-refractivity contribution is 6.11. The van der Waals surface area contributed by atoms with Gasteiger partial charge in [0.05, 0.1) is 11.9 Å². The molecule has 0 spiro atoms. The number of carbonyl (C=O) groups excluding carboxylic acids is 3. The molecule has 2 fully saturated rings. The molecule has 170 valence electrons. The van der Waals surface area contributed by atoms with Gasteiger partial charge in [0.25, 0.3) is 0 Å². The van der Waals surface area contributed by atoms with Crippen LogP contribution in [0.25, 0.3) is 10.8 Å². The molecule has 0 radical (unpaired) electrons. The summed E-state index contributed by atoms with van der Waals surface area (Å²) in [5.74, 6) is -0.178. The van der Waals surface area contributed by atoms with Gasteiger partial charge < -0.3 is 14.5 Å². The third-order valence-electron chi connectivity index (χ3n) is 5.76. The van der Waals surface area contributed by atoms with Gasteiger partial charge in [0, 0.05) is 68.8 Å². The molecule has 9 nitrogen and oxygen atoms in total. The number of carbonyl (C=O) groups is 3. The predicted octanol–water partition coefficient (Wildman–Crippen LogP) is 3.08. The highest BCUT2D eigenvalue weighted by atomic mass is 16.6. The number of rotatable bonds is 2. The zero-order valence-electron chi connectivity index (χ0n) is 19.0. The molecule has 1 aromatic heterocycles. The molecule has 2 aromatic rings. The van der Waals surface area contributed by atoms with Crippen LogP contribution in [0.5, 0.6) is 0 Å². The second kappa shape index (κ2) is 8.29. The van der Waals surface area contributed by atoms with Crippen molar-refractivity contribution in [3.8, 4) is 0 Å². The first-order chi connectivity index (χ1) is 15.2. The van der Waals surface area contributed by atoms with Gasteiger partial charge in [-0.25, -0.2) is 9.59 Å². The van der Waals surface area contributed by atoms with E-state index in [4.69, 9.17) is 4.74 Å². The second-order valence-corrected chi connectivity index (χ2v) is 9.12. The Hall–Kier alpha value is -3.36. The summed E-state index contributed by atoms with van der Waals surface area (Å²) >= 11 is 0. The molecule has 4 rings (SSSR count). The number of amides is 4. The molecule has 1 aromatic carbocycles. The fourth-order valence-corrected chi connectivity index (χ4v) is 4.09. The third-order valence-corrected chi connectivity index (χ3v) is 5.76. The summed E-state index contributed by atoms with van der Waals surface area (Å²) in [6, 6.07) is 5.62. The molecule has 0 unspecified atom stereocenters. The number of aromatic nitrogens is 1. The van der Waals surface area contributed by atoms with Gasteiger partial charge in [0.1, 0.15) is 5.60 Å². The summed E-state index contributed by atoms with van der Waals surface area (Å²) in [6.07, 6.45) is 3.47. The molecule has 32 heavy (non-hydrogen) atoms. The van der Waals surface area contributed by atoms with Gasteiger partial charge in [-0.15, -0.1) is 0 Å². The van der Waals surface area contributed by atoms with Crippen LogP contribution in [-0.4, -0.2) is 78.2 Å². The van der Waals surface area contributed by atoms with Crippen LogP contribution in [0, 0.1) is 0 Å². The van der Waals surface area contributed by atoms with Crippen molar-refractivity contribution in [3.63, 3.8) is 0 Å². The first-order valence-corrected chi connectivity index (χ1v) is 10.8. The molecule has 0 atom stereocenters. The van der Waals surface area contributed by atoms with E-state index < -0.39 is 5.60 Å². The zero-order valence-corrected chi connectivity index (χ0v) is 19.0. The first kappa shape index (κ1) is 21.9. The van der Waals surface area contributed by atoms with Gasteiger partial charge in [-0.3, -0.25) is 19.6 Å². The van der Waals surface area contributed by atoms with Crippen LogP contribution in [-0.2, 0) is 9.53 Å². The number of benzene rings is 1. The third kappa shape index (κ3) is 4.19. The lowest BCUT2D eigenvalue weighted by atomic mass is 10.1. The lowest BCUT2D eigenvalue weighted by molar-refractivity contribution is -0.127. The number of ether oxygens (including phenoxy) is 1. The number of hydrogen-bond acceptors (Lipinski definition) is 6. The van der Waals surface area contributed by atoms with E-state index in [9.17, 15) is 14.4 Å². The molecule has 2 aliphatic heterocycles. The van der Waals surface area contributed by atoms with E-state index in [-0.39, 0.29) is 24.5 Å². The van der Waals surface area contributed by atoms with Crippen molar-refractivity contribution in [2.45, 2.75) is 32.8 Å². The smallest absolute Gasteiger partial charge is 0.410 e. The van der Waals surface area contributed by atoms with Crippen LogP contribution in [0.15, 0.2) is 30.6 Å². The Balaban J connectivity index is 1.57. The number of nitrogens with zero attached hydrogens (tertiary/aromatic N) is 5. The zero-order chi connectivity index (χ0) is 23.0. The highest BCUT2D eigenvalue weighted by Gasteiger charge is 2.31. The Bertz CT molecular complexity index is 1060. The largest absolute Gasteiger partial charge is 0.444 e. The van der Waals surface area contributed by atoms with Gasteiger partial charge >= 0.3 is 12.1 Å². The van der Waals surface area contributed by atoms with E-state index in [0.717, 1.165) is 21.4 Å². The van der Waals surface area contributed by atoms with Crippen LogP contribution < -0.4 is 9.80 Å². The maximum atomic E-state index is 12.7. The summed E-state index contributed by atoms with van der Waals surface area (Å²) in [5.41, 5.74) is 1.19. The lowest BCUT2D eigenvalue weighted by Gasteiger charge is -2.37. The van der Waals surface area contributed by atoms with Crippen molar-refractivity contribution >= 4 is 40.2 Å². The normalized spacial score (nSPS) is 17.9. The minimum absolute atomic E-state index is 0.178. The van der Waals surface area contributed by atoms with Crippen molar-refractivity contribution in [1.82, 2.24) is 14.8 Å². The van der Waals surface area contributed by atoms with Gasteiger partial charge in [0.2, 0.25) is 5.91 Å². The van der Waals surface area contributed by atoms with E-state index in [0.29, 0.717) is 38.4 Å². The number of fused-ring (bicyclic) bond motifs is 1. The SMILES string of the molecule is CN1C(=O)CCN(c2cncc3c(N4CCN(C(=O)OC(C)(C)C)CC4)cccc23)C1=O. The molecule has 2 aliphatic rings. The number of urea groups is 1. The summed E-state index contributed by atoms with van der Waals surface area (Å²) in [6.45, 7) is 8.40. The first-order valence-electron chi connectivity index (χ1n) is 10.8. The molecular weight excluding hydrogens is 410 g/mol. The molecule has 3 heterocycles. The fraction of sp³-hybridized carbons (Fsp3) is 0.478. The van der Waals surface area contributed by atoms with Gasteiger partial charge in [-0.1, -0.05) is 12.1 Å². The number of piperazine rings is 1. The number of anilines is 2. The minimum Gasteiger partial charge on any atom is -0.444 e. The standard InChI is InChI=1S/C23H29N5O4/c1-23(2,3)32-22(31)27-12-10-26(11-13-27)18-7-5-6-16-17(18)14-24-15-19(16)28-9-8-20(29)25(4)21(28)30/h5-7,14-15H,8-13H2,1-4H3. The van der Waals surface area contributed by atoms with Crippen LogP contribution in [0.1, 0.15) is 27.2 Å². The van der Waals surface area contributed by atoms with Crippen molar-refractivity contribution in [1.29, 1.82) is 0 Å². The van der Waals surface area contributed by atoms with Crippen LogP contribution in [0.4, 0.5) is 21.0 Å². The lowest BCUT2D eigenvalue weighted by Crippen LogP contribution is -2.50. The number of imide groups is 1. The topological polar surface area (TPSA) is 86.3 Å². The van der Waals surface area contributed by atoms with Crippen molar-refractivity contribution in [2.75, 3.05) is 49.6 Å².